The summed E-state index contributed by atoms with van der Waals surface area (Å²) in [7, 11) is 1.54. The highest BCUT2D eigenvalue weighted by Crippen LogP contribution is 2.49. The molecule has 3 amide bonds. The van der Waals surface area contributed by atoms with Gasteiger partial charge in [-0.05, 0) is 70.7 Å². The first kappa shape index (κ1) is 26.3. The van der Waals surface area contributed by atoms with Crippen molar-refractivity contribution in [2.24, 2.45) is 0 Å². The molecule has 1 fully saturated rings. The summed E-state index contributed by atoms with van der Waals surface area (Å²) < 4.78 is 5.99. The third-order valence-electron chi connectivity index (χ3n) is 6.76. The number of amides is 3. The molecule has 0 aromatic heterocycles. The second-order valence-electron chi connectivity index (χ2n) is 8.75. The number of benzene rings is 3. The van der Waals surface area contributed by atoms with E-state index in [2.05, 4.69) is 15.9 Å². The van der Waals surface area contributed by atoms with Crippen molar-refractivity contribution in [1.82, 2.24) is 4.90 Å². The minimum atomic E-state index is -1.15. The van der Waals surface area contributed by atoms with Crippen molar-refractivity contribution in [3.05, 3.63) is 88.8 Å². The van der Waals surface area contributed by atoms with Gasteiger partial charge >= 0.3 is 0 Å². The van der Waals surface area contributed by atoms with E-state index in [1.165, 1.54) is 0 Å². The molecule has 1 saturated heterocycles. The van der Waals surface area contributed by atoms with Crippen LogP contribution in [0, 0.1) is 13.8 Å². The molecular weight excluding hydrogens is 626 g/mol. The predicted octanol–water partition coefficient (Wildman–Crippen LogP) is 7.44. The van der Waals surface area contributed by atoms with E-state index >= 15 is 0 Å². The van der Waals surface area contributed by atoms with Crippen LogP contribution in [0.5, 0.6) is 5.75 Å². The van der Waals surface area contributed by atoms with Crippen molar-refractivity contribution < 1.29 is 19.1 Å². The number of ether oxygens (including phenoxy) is 1. The lowest BCUT2D eigenvalue weighted by Gasteiger charge is -2.50. The number of anilines is 1. The third-order valence-corrected chi connectivity index (χ3v) is 9.19. The summed E-state index contributed by atoms with van der Waals surface area (Å²) in [6, 6.07) is 9.12. The van der Waals surface area contributed by atoms with Crippen molar-refractivity contribution in [2.45, 2.75) is 25.9 Å². The van der Waals surface area contributed by atoms with Crippen molar-refractivity contribution in [1.29, 1.82) is 0 Å². The molecule has 2 atom stereocenters. The molecule has 11 heteroatoms. The van der Waals surface area contributed by atoms with Gasteiger partial charge in [-0.3, -0.25) is 19.3 Å². The first-order valence-corrected chi connectivity index (χ1v) is 13.3. The second kappa shape index (κ2) is 9.47. The Labute approximate surface area is 241 Å². The number of fused-ring (bicyclic) bond motifs is 1. The zero-order valence-corrected chi connectivity index (χ0v) is 24.1. The number of aryl methyl sites for hydroxylation is 2. The third kappa shape index (κ3) is 3.86. The molecule has 0 spiro atoms. The van der Waals surface area contributed by atoms with Gasteiger partial charge in [0.25, 0.3) is 17.7 Å². The number of carbonyl (C=O) groups is 3. The molecule has 0 bridgehead atoms. The molecule has 2 aliphatic rings. The zero-order valence-electron chi connectivity index (χ0n) is 19.5. The van der Waals surface area contributed by atoms with E-state index in [1.807, 2.05) is 32.0 Å². The number of nitrogens with zero attached hydrogens (tertiary/aromatic N) is 2. The maximum atomic E-state index is 13.7. The first-order valence-electron chi connectivity index (χ1n) is 11.0. The predicted molar refractivity (Wildman–Crippen MR) is 148 cm³/mol. The summed E-state index contributed by atoms with van der Waals surface area (Å²) >= 11 is 28.4. The van der Waals surface area contributed by atoms with Gasteiger partial charge in [0.15, 0.2) is 0 Å². The Kier molecular flexibility index (Phi) is 6.74. The van der Waals surface area contributed by atoms with Crippen LogP contribution in [-0.4, -0.2) is 35.8 Å². The van der Waals surface area contributed by atoms with Gasteiger partial charge in [-0.2, -0.15) is 0 Å². The van der Waals surface area contributed by atoms with E-state index < -0.39 is 29.8 Å². The summed E-state index contributed by atoms with van der Waals surface area (Å²) in [6.45, 7) is 3.92. The maximum absolute atomic E-state index is 13.7. The highest BCUT2D eigenvalue weighted by molar-refractivity contribution is 9.10. The second-order valence-corrected chi connectivity index (χ2v) is 11.1. The lowest BCUT2D eigenvalue weighted by Crippen LogP contribution is -2.67. The van der Waals surface area contributed by atoms with E-state index in [1.54, 1.807) is 30.2 Å². The van der Waals surface area contributed by atoms with Crippen molar-refractivity contribution >= 4 is 85.7 Å². The van der Waals surface area contributed by atoms with Gasteiger partial charge in [0.2, 0.25) is 0 Å². The topological polar surface area (TPSA) is 66.9 Å². The van der Waals surface area contributed by atoms with Crippen molar-refractivity contribution in [3.8, 4) is 5.75 Å². The molecule has 6 nitrogen and oxygen atoms in total. The molecule has 2 aliphatic heterocycles. The largest absolute Gasteiger partial charge is 0.496 e. The fourth-order valence-electron chi connectivity index (χ4n) is 4.71. The Morgan fingerprint density at radius 1 is 0.757 bits per heavy atom. The number of rotatable bonds is 4. The number of β-lactam (4-membered cyclic amide) rings is 1. The number of halogens is 5. The number of hydrogen-bond acceptors (Lipinski definition) is 4. The minimum Gasteiger partial charge on any atom is -0.496 e. The van der Waals surface area contributed by atoms with Crippen LogP contribution >= 0.6 is 62.3 Å². The summed E-state index contributed by atoms with van der Waals surface area (Å²) in [5, 5.41) is -0.647. The molecule has 37 heavy (non-hydrogen) atoms. The van der Waals surface area contributed by atoms with Crippen LogP contribution in [-0.2, 0) is 4.79 Å². The molecule has 0 aliphatic carbocycles. The molecule has 2 heterocycles. The molecule has 0 N–H and O–H groups in total. The van der Waals surface area contributed by atoms with Crippen LogP contribution in [0.25, 0.3) is 0 Å². The highest BCUT2D eigenvalue weighted by Gasteiger charge is 2.58. The highest BCUT2D eigenvalue weighted by atomic mass is 79.9. The van der Waals surface area contributed by atoms with Crippen LogP contribution < -0.4 is 9.64 Å². The molecule has 5 rings (SSSR count). The normalized spacial score (nSPS) is 18.9. The van der Waals surface area contributed by atoms with Crippen LogP contribution in [0.4, 0.5) is 5.69 Å². The van der Waals surface area contributed by atoms with Crippen LogP contribution in [0.1, 0.15) is 43.4 Å². The van der Waals surface area contributed by atoms with E-state index in [0.29, 0.717) is 21.5 Å². The Bertz CT molecular complexity index is 1500. The summed E-state index contributed by atoms with van der Waals surface area (Å²) in [6.07, 6.45) is 0. The molecular formula is C26H17BrCl4N2O4. The number of methoxy groups -OCH3 is 1. The van der Waals surface area contributed by atoms with E-state index in [-0.39, 0.29) is 31.2 Å². The first-order chi connectivity index (χ1) is 17.5. The lowest BCUT2D eigenvalue weighted by atomic mass is 9.86. The van der Waals surface area contributed by atoms with Crippen LogP contribution in [0.15, 0.2) is 40.9 Å². The average molecular weight is 643 g/mol. The van der Waals surface area contributed by atoms with E-state index in [9.17, 15) is 14.4 Å². The molecule has 0 saturated carbocycles. The fourth-order valence-corrected chi connectivity index (χ4v) is 6.28. The monoisotopic (exact) mass is 640 g/mol. The van der Waals surface area contributed by atoms with Gasteiger partial charge in [-0.1, -0.05) is 58.5 Å². The zero-order chi connectivity index (χ0) is 26.9. The Morgan fingerprint density at radius 3 is 1.86 bits per heavy atom. The number of imide groups is 1. The maximum Gasteiger partial charge on any atom is 0.264 e. The molecule has 3 aromatic carbocycles. The molecule has 190 valence electrons. The van der Waals surface area contributed by atoms with Crippen molar-refractivity contribution in [2.75, 3.05) is 12.0 Å². The fraction of sp³-hybridized carbons (Fsp3) is 0.192. The van der Waals surface area contributed by atoms with Crippen LogP contribution in [0.2, 0.25) is 20.1 Å². The summed E-state index contributed by atoms with van der Waals surface area (Å²) in [5.41, 5.74) is 3.04. The van der Waals surface area contributed by atoms with Crippen LogP contribution in [0.3, 0.4) is 0 Å². The van der Waals surface area contributed by atoms with Gasteiger partial charge in [-0.15, -0.1) is 0 Å². The number of carbonyl (C=O) groups excluding carboxylic acids is 3. The standard InChI is InChI=1S/C26H17BrCl4N2O4/c1-10-4-6-13(8-11(10)2)32-22(12-5-7-15(37-3)14(27)9-12)23(26(32)36)33-24(34)16-17(25(33)35)19(29)21(31)20(30)18(16)28/h4-9,22-23H,1-3H3/t22-,23+/m1/s1. The van der Waals surface area contributed by atoms with Gasteiger partial charge in [0, 0.05) is 5.69 Å². The van der Waals surface area contributed by atoms with Gasteiger partial charge in [0.1, 0.15) is 11.8 Å². The van der Waals surface area contributed by atoms with Gasteiger partial charge < -0.3 is 9.64 Å². The Morgan fingerprint density at radius 2 is 1.35 bits per heavy atom. The molecule has 3 aromatic rings. The summed E-state index contributed by atoms with van der Waals surface area (Å²) in [5.74, 6) is -1.37. The van der Waals surface area contributed by atoms with E-state index in [4.69, 9.17) is 51.1 Å². The SMILES string of the molecule is COc1ccc([C@@H]2[C@H](N3C(=O)c4c(Cl)c(Cl)c(Cl)c(Cl)c4C3=O)C(=O)N2c2ccc(C)c(C)c2)cc1Br. The Balaban J connectivity index is 1.65. The van der Waals surface area contributed by atoms with Gasteiger partial charge in [-0.25, -0.2) is 0 Å². The molecule has 0 radical (unpaired) electrons. The minimum absolute atomic E-state index is 0.137. The number of hydrogen-bond donors (Lipinski definition) is 0. The van der Waals surface area contributed by atoms with E-state index in [0.717, 1.165) is 16.0 Å². The Hall–Kier alpha value is -2.29. The van der Waals surface area contributed by atoms with Crippen molar-refractivity contribution in [3.63, 3.8) is 0 Å². The molecule has 0 unspecified atom stereocenters. The lowest BCUT2D eigenvalue weighted by molar-refractivity contribution is -0.130. The smallest absolute Gasteiger partial charge is 0.264 e. The summed E-state index contributed by atoms with van der Waals surface area (Å²) in [4.78, 5) is 43.3. The average Bonchev–Trinajstić information content (AvgIpc) is 3.12. The van der Waals surface area contributed by atoms with Gasteiger partial charge in [0.05, 0.1) is 48.8 Å². The quantitative estimate of drug-likeness (QED) is 0.128.